The molecule has 2 heterocycles. The molecule has 0 radical (unpaired) electrons. The molecule has 148 valence electrons. The summed E-state index contributed by atoms with van der Waals surface area (Å²) in [5, 5.41) is 6.82. The number of aryl methyl sites for hydroxylation is 2. The van der Waals surface area contributed by atoms with Crippen LogP contribution in [0.25, 0.3) is 11.5 Å². The van der Waals surface area contributed by atoms with E-state index >= 15 is 0 Å². The molecule has 1 aromatic carbocycles. The fourth-order valence-electron chi connectivity index (χ4n) is 2.60. The van der Waals surface area contributed by atoms with E-state index in [0.717, 1.165) is 5.56 Å². The number of nitrogens with zero attached hydrogens (tertiary/aromatic N) is 3. The standard InChI is InChI=1S/C21H26N4O3/c1-13-6-8-15(9-7-13)19-23-16(14(2)27-19)12-18(26)22-11-10-17-24-20(28-25-17)21(3,4)5/h6-9H,10-12H2,1-5H3,(H,22,26). The molecule has 0 aliphatic rings. The molecule has 3 aromatic rings. The molecule has 28 heavy (non-hydrogen) atoms. The van der Waals surface area contributed by atoms with Crippen LogP contribution < -0.4 is 5.32 Å². The zero-order valence-corrected chi connectivity index (χ0v) is 17.0. The second-order valence-electron chi connectivity index (χ2n) is 7.93. The van der Waals surface area contributed by atoms with Gasteiger partial charge in [0.1, 0.15) is 5.76 Å². The first-order valence-electron chi connectivity index (χ1n) is 9.35. The highest BCUT2D eigenvalue weighted by atomic mass is 16.5. The van der Waals surface area contributed by atoms with Crippen molar-refractivity contribution in [2.75, 3.05) is 6.54 Å². The van der Waals surface area contributed by atoms with E-state index in [1.54, 1.807) is 0 Å². The number of hydrogen-bond donors (Lipinski definition) is 1. The second kappa shape index (κ2) is 7.96. The first-order valence-corrected chi connectivity index (χ1v) is 9.35. The van der Waals surface area contributed by atoms with Crippen molar-refractivity contribution in [2.45, 2.75) is 52.9 Å². The van der Waals surface area contributed by atoms with Crippen molar-refractivity contribution in [3.05, 3.63) is 53.0 Å². The molecule has 0 atom stereocenters. The van der Waals surface area contributed by atoms with Crippen LogP contribution in [0, 0.1) is 13.8 Å². The summed E-state index contributed by atoms with van der Waals surface area (Å²) in [5.41, 5.74) is 2.52. The van der Waals surface area contributed by atoms with Crippen LogP contribution in [0.1, 0.15) is 49.5 Å². The Hall–Kier alpha value is -2.96. The highest BCUT2D eigenvalue weighted by Gasteiger charge is 2.21. The van der Waals surface area contributed by atoms with E-state index in [4.69, 9.17) is 8.94 Å². The van der Waals surface area contributed by atoms with Gasteiger partial charge >= 0.3 is 0 Å². The van der Waals surface area contributed by atoms with Gasteiger partial charge in [-0.2, -0.15) is 4.98 Å². The minimum absolute atomic E-state index is 0.119. The Morgan fingerprint density at radius 3 is 2.46 bits per heavy atom. The Morgan fingerprint density at radius 2 is 1.82 bits per heavy atom. The maximum atomic E-state index is 12.3. The number of carbonyl (C=O) groups is 1. The van der Waals surface area contributed by atoms with Gasteiger partial charge in [0.05, 0.1) is 12.1 Å². The molecule has 1 amide bonds. The first-order chi connectivity index (χ1) is 13.2. The Balaban J connectivity index is 1.54. The van der Waals surface area contributed by atoms with Crippen LogP contribution in [0.5, 0.6) is 0 Å². The van der Waals surface area contributed by atoms with Crippen LogP contribution in [-0.4, -0.2) is 27.6 Å². The molecule has 0 bridgehead atoms. The van der Waals surface area contributed by atoms with Crippen LogP contribution in [0.15, 0.2) is 33.2 Å². The minimum atomic E-state index is -0.186. The van der Waals surface area contributed by atoms with Crippen molar-refractivity contribution >= 4 is 5.91 Å². The van der Waals surface area contributed by atoms with Gasteiger partial charge in [-0.25, -0.2) is 4.98 Å². The number of rotatable bonds is 6. The summed E-state index contributed by atoms with van der Waals surface area (Å²) in [5.74, 6) is 2.24. The SMILES string of the molecule is Cc1ccc(-c2nc(CC(=O)NCCc3noc(C(C)(C)C)n3)c(C)o2)cc1. The number of benzene rings is 1. The van der Waals surface area contributed by atoms with Gasteiger partial charge in [-0.05, 0) is 26.0 Å². The lowest BCUT2D eigenvalue weighted by atomic mass is 9.97. The zero-order valence-electron chi connectivity index (χ0n) is 17.0. The fourth-order valence-corrected chi connectivity index (χ4v) is 2.60. The second-order valence-corrected chi connectivity index (χ2v) is 7.93. The van der Waals surface area contributed by atoms with Crippen LogP contribution in [0.2, 0.25) is 0 Å². The highest BCUT2D eigenvalue weighted by Crippen LogP contribution is 2.22. The number of nitrogens with one attached hydrogen (secondary N) is 1. The third-order valence-corrected chi connectivity index (χ3v) is 4.30. The predicted octanol–water partition coefficient (Wildman–Crippen LogP) is 3.54. The van der Waals surface area contributed by atoms with Gasteiger partial charge in [-0.1, -0.05) is 43.6 Å². The van der Waals surface area contributed by atoms with Gasteiger partial charge in [0, 0.05) is 23.9 Å². The topological polar surface area (TPSA) is 94.1 Å². The molecule has 0 aliphatic carbocycles. The monoisotopic (exact) mass is 382 g/mol. The molecular formula is C21H26N4O3. The minimum Gasteiger partial charge on any atom is -0.441 e. The van der Waals surface area contributed by atoms with E-state index in [-0.39, 0.29) is 17.7 Å². The van der Waals surface area contributed by atoms with E-state index in [0.29, 0.717) is 42.0 Å². The molecule has 0 aliphatic heterocycles. The molecule has 2 aromatic heterocycles. The van der Waals surface area contributed by atoms with Gasteiger partial charge in [0.15, 0.2) is 5.82 Å². The average Bonchev–Trinajstić information content (AvgIpc) is 3.23. The van der Waals surface area contributed by atoms with E-state index in [2.05, 4.69) is 20.4 Å². The third-order valence-electron chi connectivity index (χ3n) is 4.30. The molecule has 1 N–H and O–H groups in total. The van der Waals surface area contributed by atoms with Crippen molar-refractivity contribution in [3.63, 3.8) is 0 Å². The Morgan fingerprint density at radius 1 is 1.11 bits per heavy atom. The quantitative estimate of drug-likeness (QED) is 0.701. The molecule has 0 saturated carbocycles. The Bertz CT molecular complexity index is 949. The summed E-state index contributed by atoms with van der Waals surface area (Å²) in [7, 11) is 0. The summed E-state index contributed by atoms with van der Waals surface area (Å²) in [6.45, 7) is 10.3. The normalized spacial score (nSPS) is 11.6. The van der Waals surface area contributed by atoms with Crippen molar-refractivity contribution in [1.82, 2.24) is 20.4 Å². The fraction of sp³-hybridized carbons (Fsp3) is 0.429. The van der Waals surface area contributed by atoms with Gasteiger partial charge in [-0.15, -0.1) is 0 Å². The molecule has 7 nitrogen and oxygen atoms in total. The van der Waals surface area contributed by atoms with Gasteiger partial charge in [-0.3, -0.25) is 4.79 Å². The van der Waals surface area contributed by atoms with Crippen LogP contribution in [0.4, 0.5) is 0 Å². The van der Waals surface area contributed by atoms with Crippen molar-refractivity contribution in [3.8, 4) is 11.5 Å². The summed E-state index contributed by atoms with van der Waals surface area (Å²) in [6.07, 6.45) is 0.679. The smallest absolute Gasteiger partial charge is 0.232 e. The summed E-state index contributed by atoms with van der Waals surface area (Å²) in [6, 6.07) is 7.93. The van der Waals surface area contributed by atoms with Crippen molar-refractivity contribution < 1.29 is 13.7 Å². The lowest BCUT2D eigenvalue weighted by Crippen LogP contribution is -2.27. The average molecular weight is 382 g/mol. The highest BCUT2D eigenvalue weighted by molar-refractivity contribution is 5.78. The summed E-state index contributed by atoms with van der Waals surface area (Å²) < 4.78 is 11.0. The van der Waals surface area contributed by atoms with Crippen LogP contribution in [-0.2, 0) is 23.1 Å². The molecule has 3 rings (SSSR count). The lowest BCUT2D eigenvalue weighted by molar-refractivity contribution is -0.120. The predicted molar refractivity (Wildman–Crippen MR) is 105 cm³/mol. The number of oxazole rings is 1. The van der Waals surface area contributed by atoms with E-state index in [9.17, 15) is 4.79 Å². The Labute approximate surface area is 164 Å². The van der Waals surface area contributed by atoms with Gasteiger partial charge < -0.3 is 14.3 Å². The molecular weight excluding hydrogens is 356 g/mol. The van der Waals surface area contributed by atoms with Gasteiger partial charge in [0.2, 0.25) is 17.7 Å². The van der Waals surface area contributed by atoms with E-state index < -0.39 is 0 Å². The van der Waals surface area contributed by atoms with Crippen molar-refractivity contribution in [2.24, 2.45) is 0 Å². The first kappa shape index (κ1) is 19.8. The van der Waals surface area contributed by atoms with Gasteiger partial charge in [0.25, 0.3) is 0 Å². The Kier molecular flexibility index (Phi) is 5.63. The summed E-state index contributed by atoms with van der Waals surface area (Å²) >= 11 is 0. The third kappa shape index (κ3) is 4.85. The number of carbonyl (C=O) groups excluding carboxylic acids is 1. The molecule has 0 spiro atoms. The lowest BCUT2D eigenvalue weighted by Gasteiger charge is -2.10. The maximum absolute atomic E-state index is 12.3. The molecule has 0 saturated heterocycles. The summed E-state index contributed by atoms with van der Waals surface area (Å²) in [4.78, 5) is 21.1. The van der Waals surface area contributed by atoms with Crippen LogP contribution >= 0.6 is 0 Å². The molecule has 7 heteroatoms. The van der Waals surface area contributed by atoms with E-state index in [1.807, 2.05) is 58.9 Å². The molecule has 0 unspecified atom stereocenters. The maximum Gasteiger partial charge on any atom is 0.232 e. The number of aromatic nitrogens is 3. The van der Waals surface area contributed by atoms with Crippen molar-refractivity contribution in [1.29, 1.82) is 0 Å². The molecule has 0 fully saturated rings. The zero-order chi connectivity index (χ0) is 20.3. The van der Waals surface area contributed by atoms with Crippen LogP contribution in [0.3, 0.4) is 0 Å². The number of hydrogen-bond acceptors (Lipinski definition) is 6. The van der Waals surface area contributed by atoms with E-state index in [1.165, 1.54) is 5.56 Å². The number of amides is 1. The largest absolute Gasteiger partial charge is 0.441 e.